The van der Waals surface area contributed by atoms with E-state index in [-0.39, 0.29) is 23.8 Å². The van der Waals surface area contributed by atoms with Crippen LogP contribution in [0.2, 0.25) is 0 Å². The standard InChI is InChI=1S/C30H37N3O2S/c1-4-26(22-12-7-5-8-13-22)30(35)33(25-14-9-6-10-15-25)21-23-20-24(17-18-27(23)32(2)3)31-29(34)28-16-11-19-36-28/h5,7-8,11-13,16-20,25-26H,4,6,9-10,14-15,21H2,1-3H3,(H,31,34). The van der Waals surface area contributed by atoms with E-state index in [1.807, 2.05) is 68.0 Å². The average Bonchev–Trinajstić information content (AvgIpc) is 3.44. The van der Waals surface area contributed by atoms with Gasteiger partial charge in [0, 0.05) is 38.1 Å². The molecule has 2 aromatic carbocycles. The zero-order valence-corrected chi connectivity index (χ0v) is 22.4. The van der Waals surface area contributed by atoms with Crippen LogP contribution in [0.3, 0.4) is 0 Å². The molecule has 0 spiro atoms. The molecule has 1 fully saturated rings. The summed E-state index contributed by atoms with van der Waals surface area (Å²) in [4.78, 5) is 31.7. The summed E-state index contributed by atoms with van der Waals surface area (Å²) in [6, 6.07) is 20.1. The van der Waals surface area contributed by atoms with Gasteiger partial charge in [-0.2, -0.15) is 0 Å². The van der Waals surface area contributed by atoms with Gasteiger partial charge < -0.3 is 15.1 Å². The van der Waals surface area contributed by atoms with Crippen LogP contribution in [-0.2, 0) is 11.3 Å². The lowest BCUT2D eigenvalue weighted by Gasteiger charge is -2.37. The molecule has 6 heteroatoms. The van der Waals surface area contributed by atoms with Crippen LogP contribution < -0.4 is 10.2 Å². The van der Waals surface area contributed by atoms with Gasteiger partial charge in [0.05, 0.1) is 10.8 Å². The Balaban J connectivity index is 1.66. The highest BCUT2D eigenvalue weighted by Gasteiger charge is 2.31. The Morgan fingerprint density at radius 1 is 1.00 bits per heavy atom. The maximum atomic E-state index is 14.1. The monoisotopic (exact) mass is 503 g/mol. The molecule has 3 aromatic rings. The highest BCUT2D eigenvalue weighted by molar-refractivity contribution is 7.12. The molecule has 36 heavy (non-hydrogen) atoms. The van der Waals surface area contributed by atoms with Crippen LogP contribution in [0.5, 0.6) is 0 Å². The number of amides is 2. The fourth-order valence-corrected chi connectivity index (χ4v) is 5.85. The SMILES string of the molecule is CCC(C(=O)N(Cc1cc(NC(=O)c2cccs2)ccc1N(C)C)C1CCCCC1)c1ccccc1. The van der Waals surface area contributed by atoms with Gasteiger partial charge in [-0.25, -0.2) is 0 Å². The van der Waals surface area contributed by atoms with E-state index in [0.717, 1.165) is 54.6 Å². The number of carbonyl (C=O) groups excluding carboxylic acids is 2. The van der Waals surface area contributed by atoms with Crippen LogP contribution in [-0.4, -0.2) is 36.9 Å². The Hall–Kier alpha value is -3.12. The molecule has 1 aliphatic carbocycles. The van der Waals surface area contributed by atoms with Crippen LogP contribution in [0.4, 0.5) is 11.4 Å². The van der Waals surface area contributed by atoms with Gasteiger partial charge >= 0.3 is 0 Å². The quantitative estimate of drug-likeness (QED) is 0.345. The van der Waals surface area contributed by atoms with Crippen molar-refractivity contribution < 1.29 is 9.59 Å². The number of hydrogen-bond acceptors (Lipinski definition) is 4. The van der Waals surface area contributed by atoms with Crippen molar-refractivity contribution >= 4 is 34.5 Å². The van der Waals surface area contributed by atoms with Gasteiger partial charge in [-0.3, -0.25) is 9.59 Å². The molecule has 5 nitrogen and oxygen atoms in total. The van der Waals surface area contributed by atoms with Crippen molar-refractivity contribution in [2.24, 2.45) is 0 Å². The first-order valence-corrected chi connectivity index (χ1v) is 13.9. The van der Waals surface area contributed by atoms with Crippen LogP contribution in [0.1, 0.15) is 72.2 Å². The predicted octanol–water partition coefficient (Wildman–Crippen LogP) is 6.92. The smallest absolute Gasteiger partial charge is 0.265 e. The number of hydrogen-bond donors (Lipinski definition) is 1. The first-order chi connectivity index (χ1) is 17.5. The molecule has 0 bridgehead atoms. The number of nitrogens with zero attached hydrogens (tertiary/aromatic N) is 2. The van der Waals surface area contributed by atoms with Gasteiger partial charge in [0.15, 0.2) is 0 Å². The number of anilines is 2. The van der Waals surface area contributed by atoms with Gasteiger partial charge in [0.25, 0.3) is 5.91 Å². The highest BCUT2D eigenvalue weighted by atomic mass is 32.1. The third-order valence-electron chi connectivity index (χ3n) is 7.11. The van der Waals surface area contributed by atoms with Crippen LogP contribution in [0, 0.1) is 0 Å². The lowest BCUT2D eigenvalue weighted by atomic mass is 9.90. The summed E-state index contributed by atoms with van der Waals surface area (Å²) >= 11 is 1.43. The minimum Gasteiger partial charge on any atom is -0.377 e. The Labute approximate surface area is 219 Å². The van der Waals surface area contributed by atoms with Crippen LogP contribution in [0.15, 0.2) is 66.0 Å². The molecule has 1 N–H and O–H groups in total. The number of carbonyl (C=O) groups is 2. The van der Waals surface area contributed by atoms with Crippen molar-refractivity contribution in [2.45, 2.75) is 64.0 Å². The summed E-state index contributed by atoms with van der Waals surface area (Å²) in [5.41, 5.74) is 3.94. The molecule has 1 heterocycles. The molecule has 190 valence electrons. The largest absolute Gasteiger partial charge is 0.377 e. The zero-order valence-electron chi connectivity index (χ0n) is 21.6. The molecule has 1 unspecified atom stereocenters. The Morgan fingerprint density at radius 2 is 1.75 bits per heavy atom. The fraction of sp³-hybridized carbons (Fsp3) is 0.400. The maximum absolute atomic E-state index is 14.1. The molecular formula is C30H37N3O2S. The average molecular weight is 504 g/mol. The molecule has 2 amide bonds. The highest BCUT2D eigenvalue weighted by Crippen LogP contribution is 2.32. The van der Waals surface area contributed by atoms with Gasteiger partial charge in [0.1, 0.15) is 0 Å². The summed E-state index contributed by atoms with van der Waals surface area (Å²) < 4.78 is 0. The van der Waals surface area contributed by atoms with Crippen molar-refractivity contribution in [2.75, 3.05) is 24.3 Å². The third kappa shape index (κ3) is 6.16. The lowest BCUT2D eigenvalue weighted by molar-refractivity contribution is -0.136. The second-order valence-electron chi connectivity index (χ2n) is 9.80. The van der Waals surface area contributed by atoms with E-state index in [4.69, 9.17) is 0 Å². The Bertz CT molecular complexity index is 1140. The van der Waals surface area contributed by atoms with E-state index in [1.54, 1.807) is 0 Å². The number of benzene rings is 2. The van der Waals surface area contributed by atoms with E-state index >= 15 is 0 Å². The minimum atomic E-state index is -0.155. The number of nitrogens with one attached hydrogen (secondary N) is 1. The molecule has 1 aromatic heterocycles. The van der Waals surface area contributed by atoms with Crippen molar-refractivity contribution in [3.05, 3.63) is 82.0 Å². The first-order valence-electron chi connectivity index (χ1n) is 13.0. The molecule has 1 aliphatic rings. The number of thiophene rings is 1. The van der Waals surface area contributed by atoms with E-state index in [0.29, 0.717) is 11.4 Å². The van der Waals surface area contributed by atoms with Crippen molar-refractivity contribution in [1.82, 2.24) is 4.90 Å². The first kappa shape index (κ1) is 26.0. The molecule has 1 saturated carbocycles. The normalized spacial score (nSPS) is 14.8. The van der Waals surface area contributed by atoms with Crippen molar-refractivity contribution in [1.29, 1.82) is 0 Å². The second kappa shape index (κ2) is 12.2. The van der Waals surface area contributed by atoms with E-state index in [1.165, 1.54) is 17.8 Å². The molecule has 1 atom stereocenters. The van der Waals surface area contributed by atoms with E-state index < -0.39 is 0 Å². The molecule has 4 rings (SSSR count). The van der Waals surface area contributed by atoms with E-state index in [9.17, 15) is 9.59 Å². The van der Waals surface area contributed by atoms with Crippen molar-refractivity contribution in [3.8, 4) is 0 Å². The van der Waals surface area contributed by atoms with Gasteiger partial charge in [0.2, 0.25) is 5.91 Å². The second-order valence-corrected chi connectivity index (χ2v) is 10.7. The lowest BCUT2D eigenvalue weighted by Crippen LogP contribution is -2.43. The molecular weight excluding hydrogens is 466 g/mol. The molecule has 0 radical (unpaired) electrons. The Morgan fingerprint density at radius 3 is 2.39 bits per heavy atom. The minimum absolute atomic E-state index is 0.108. The predicted molar refractivity (Wildman–Crippen MR) is 150 cm³/mol. The summed E-state index contributed by atoms with van der Waals surface area (Å²) in [5, 5.41) is 4.94. The van der Waals surface area contributed by atoms with E-state index in [2.05, 4.69) is 34.2 Å². The summed E-state index contributed by atoms with van der Waals surface area (Å²) in [6.07, 6.45) is 6.42. The zero-order chi connectivity index (χ0) is 25.5. The van der Waals surface area contributed by atoms with Crippen molar-refractivity contribution in [3.63, 3.8) is 0 Å². The third-order valence-corrected chi connectivity index (χ3v) is 7.98. The summed E-state index contributed by atoms with van der Waals surface area (Å²) in [7, 11) is 4.04. The fourth-order valence-electron chi connectivity index (χ4n) is 5.23. The molecule has 0 saturated heterocycles. The van der Waals surface area contributed by atoms with Gasteiger partial charge in [-0.15, -0.1) is 11.3 Å². The van der Waals surface area contributed by atoms with Crippen LogP contribution in [0.25, 0.3) is 0 Å². The summed E-state index contributed by atoms with van der Waals surface area (Å²) in [5.74, 6) is -0.0603. The van der Waals surface area contributed by atoms with Gasteiger partial charge in [-0.05, 0) is 60.0 Å². The van der Waals surface area contributed by atoms with Crippen LogP contribution >= 0.6 is 11.3 Å². The molecule has 0 aliphatic heterocycles. The topological polar surface area (TPSA) is 52.7 Å². The summed E-state index contributed by atoms with van der Waals surface area (Å²) in [6.45, 7) is 2.63. The van der Waals surface area contributed by atoms with Gasteiger partial charge in [-0.1, -0.05) is 62.6 Å². The Kier molecular flexibility index (Phi) is 8.81. The maximum Gasteiger partial charge on any atom is 0.265 e. The number of rotatable bonds is 9.